The Morgan fingerprint density at radius 1 is 0.811 bits per heavy atom. The van der Waals surface area contributed by atoms with E-state index in [9.17, 15) is 41.7 Å². The number of carbonyl (C=O) groups is 2. The molecule has 0 saturated carbocycles. The molecular weight excluding hydrogens is 796 g/mol. The number of allylic oxidation sites excluding steroid dienone is 1. The Morgan fingerprint density at radius 2 is 1.34 bits per heavy atom. The number of nitrogens with zero attached hydrogens (tertiary/aromatic N) is 5. The first-order chi connectivity index (χ1) is 24.4. The van der Waals surface area contributed by atoms with Gasteiger partial charge in [0.1, 0.15) is 28.6 Å². The fraction of sp³-hybridized carbons (Fsp3) is 0.0625. The number of aromatic hydroxyl groups is 2. The minimum atomic E-state index is -4.01. The first-order valence-corrected chi connectivity index (χ1v) is 18.4. The summed E-state index contributed by atoms with van der Waals surface area (Å²) in [5.74, 6) is -2.19. The normalized spacial score (nSPS) is 12.1. The molecule has 279 valence electrons. The van der Waals surface area contributed by atoms with Gasteiger partial charge in [0.2, 0.25) is 20.0 Å². The van der Waals surface area contributed by atoms with E-state index in [1.54, 1.807) is 30.3 Å². The zero-order chi connectivity index (χ0) is 38.2. The van der Waals surface area contributed by atoms with E-state index < -0.39 is 37.4 Å². The van der Waals surface area contributed by atoms with E-state index in [1.807, 2.05) is 24.3 Å². The number of para-hydroxylation sites is 2. The Labute approximate surface area is 318 Å². The number of benzene rings is 4. The van der Waals surface area contributed by atoms with Crippen molar-refractivity contribution in [2.75, 3.05) is 5.32 Å². The van der Waals surface area contributed by atoms with Crippen LogP contribution < -0.4 is 15.6 Å². The van der Waals surface area contributed by atoms with Gasteiger partial charge >= 0.3 is 1.43 Å². The predicted molar refractivity (Wildman–Crippen MR) is 192 cm³/mol. The molecule has 8 N–H and O–H groups in total. The number of azo groups is 2. The van der Waals surface area contributed by atoms with Crippen LogP contribution >= 0.6 is 11.3 Å². The summed E-state index contributed by atoms with van der Waals surface area (Å²) in [4.78, 5) is 28.0. The van der Waals surface area contributed by atoms with Crippen LogP contribution in [0.25, 0.3) is 10.2 Å². The molecule has 21 heteroatoms. The number of rotatable bonds is 10. The molecule has 0 aliphatic heterocycles. The third kappa shape index (κ3) is 11.5. The molecule has 17 nitrogen and oxygen atoms in total. The van der Waals surface area contributed by atoms with Gasteiger partial charge in [0.05, 0.1) is 20.0 Å². The first kappa shape index (κ1) is 41.9. The van der Waals surface area contributed by atoms with E-state index >= 15 is 0 Å². The second-order valence-corrected chi connectivity index (χ2v) is 14.6. The molecule has 1 radical (unpaired) electrons. The van der Waals surface area contributed by atoms with Crippen molar-refractivity contribution >= 4 is 70.4 Å². The number of nitrogens with one attached hydrogen (secondary N) is 1. The van der Waals surface area contributed by atoms with Crippen LogP contribution in [-0.2, 0) is 46.4 Å². The average molecular weight is 826 g/mol. The van der Waals surface area contributed by atoms with Crippen molar-refractivity contribution in [3.05, 3.63) is 114 Å². The Morgan fingerprint density at radius 3 is 1.85 bits per heavy atom. The maximum atomic E-state index is 12.2. The molecule has 1 heterocycles. The van der Waals surface area contributed by atoms with Gasteiger partial charge in [0, 0.05) is 28.2 Å². The van der Waals surface area contributed by atoms with Gasteiger partial charge in [-0.05, 0) is 79.5 Å². The van der Waals surface area contributed by atoms with E-state index in [1.165, 1.54) is 25.2 Å². The number of carbonyl (C=O) groups excluding carboxylic acids is 2. The van der Waals surface area contributed by atoms with Crippen LogP contribution in [-0.4, -0.2) is 48.8 Å². The van der Waals surface area contributed by atoms with Gasteiger partial charge in [-0.15, -0.1) is 27.6 Å². The molecule has 0 aliphatic rings. The van der Waals surface area contributed by atoms with Gasteiger partial charge < -0.3 is 30.5 Å². The van der Waals surface area contributed by atoms with Crippen molar-refractivity contribution in [2.24, 2.45) is 30.7 Å². The van der Waals surface area contributed by atoms with Gasteiger partial charge in [-0.1, -0.05) is 30.3 Å². The smallest absolute Gasteiger partial charge is 0.510 e. The molecule has 5 rings (SSSR count). The number of thiazole rings is 1. The van der Waals surface area contributed by atoms with Crippen molar-refractivity contribution < 1.29 is 59.9 Å². The summed E-state index contributed by atoms with van der Waals surface area (Å²) in [5, 5.41) is 57.2. The summed E-state index contributed by atoms with van der Waals surface area (Å²) in [5.41, 5.74) is 0.430. The minimum absolute atomic E-state index is 0. The maximum Gasteiger partial charge on any atom is 1.00 e. The number of hydrogen-bond acceptors (Lipinski definition) is 15. The van der Waals surface area contributed by atoms with E-state index in [0.29, 0.717) is 10.7 Å². The quantitative estimate of drug-likeness (QED) is 0.0441. The van der Waals surface area contributed by atoms with E-state index in [4.69, 9.17) is 10.3 Å². The average Bonchev–Trinajstić information content (AvgIpc) is 3.50. The number of aliphatic hydroxyl groups is 1. The molecule has 0 unspecified atom stereocenters. The number of anilines is 1. The molecule has 0 fully saturated rings. The van der Waals surface area contributed by atoms with Crippen LogP contribution in [0.5, 0.6) is 11.5 Å². The number of phenols is 2. The van der Waals surface area contributed by atoms with E-state index in [-0.39, 0.29) is 62.7 Å². The number of aromatic nitrogens is 1. The van der Waals surface area contributed by atoms with Gasteiger partial charge in [-0.2, -0.15) is 5.11 Å². The monoisotopic (exact) mass is 825 g/mol. The standard InChI is InChI=1S/C16H16N4O5S.C16H13N4O4S2.Co/c1-10(21)15(16(23)18-11-5-3-2-4-6-11)20-19-13-9-12(26(17,24)25)7-8-14(13)22;1-9(21)15(16-18-11-4-2-3-5-14(11)25-16)20-19-12-8-10(26(17,23)24)6-7-13(12)22;/h2-9,21-22H,1H3,(H,18,23)(H2,17,24,25);2-8,22H,1H3,(H2,17,23,24);/q;-1;/p+1/b15-10-,20-19?;;. The van der Waals surface area contributed by atoms with Gasteiger partial charge in [0.15, 0.2) is 5.70 Å². The number of Topliss-reactive ketones (excluding diaryl/α,β-unsaturated/α-hetero) is 1. The molecule has 5 aromatic rings. The molecule has 1 amide bonds. The molecule has 0 atom stereocenters. The Balaban J connectivity index is 0.000000360. The second-order valence-electron chi connectivity index (χ2n) is 10.4. The Hall–Kier alpha value is -5.55. The number of amides is 1. The fourth-order valence-electron chi connectivity index (χ4n) is 3.96. The van der Waals surface area contributed by atoms with Gasteiger partial charge in [-0.3, -0.25) is 9.78 Å². The molecular formula is C32H30CoN8O9S3. The molecule has 0 saturated heterocycles. The van der Waals surface area contributed by atoms with Crippen LogP contribution in [0.2, 0.25) is 0 Å². The summed E-state index contributed by atoms with van der Waals surface area (Å²) in [6, 6.07) is 22.4. The number of primary sulfonamides is 2. The summed E-state index contributed by atoms with van der Waals surface area (Å²) < 4.78 is 46.5. The second kappa shape index (κ2) is 17.8. The summed E-state index contributed by atoms with van der Waals surface area (Å²) in [6.45, 7) is 2.56. The molecule has 0 aliphatic carbocycles. The van der Waals surface area contributed by atoms with Crippen molar-refractivity contribution in [2.45, 2.75) is 23.6 Å². The zero-order valence-electron chi connectivity index (χ0n) is 28.4. The number of nitrogens with two attached hydrogens (primary N) is 2. The van der Waals surface area contributed by atoms with Gasteiger partial charge in [0.25, 0.3) is 5.91 Å². The van der Waals surface area contributed by atoms with Crippen LogP contribution in [0.4, 0.5) is 17.1 Å². The Bertz CT molecular complexity index is 2430. The van der Waals surface area contributed by atoms with Crippen LogP contribution in [0.3, 0.4) is 0 Å². The number of hydrogen-bond donors (Lipinski definition) is 6. The topological polar surface area (TPSA) is 290 Å². The van der Waals surface area contributed by atoms with Crippen molar-refractivity contribution in [3.8, 4) is 11.5 Å². The third-order valence-corrected chi connectivity index (χ3v) is 9.35. The van der Waals surface area contributed by atoms with Crippen LogP contribution in [0.1, 0.15) is 20.3 Å². The first-order valence-electron chi connectivity index (χ1n) is 14.5. The van der Waals surface area contributed by atoms with Crippen LogP contribution in [0, 0.1) is 6.04 Å². The zero-order valence-corrected chi connectivity index (χ0v) is 30.9. The SMILES string of the molecule is C/C(O)=C(/N=Nc1cc(S(N)(=O)=O)ccc1O)C(=O)Nc1ccccc1.CC(=O)[C-](N=Nc1cc(S(N)(=O)=O)ccc1O)c1nc2ccccc2s1.[Co].[H+]. The minimum Gasteiger partial charge on any atom is -0.510 e. The predicted octanol–water partition coefficient (Wildman–Crippen LogP) is 5.56. The molecule has 0 bridgehead atoms. The fourth-order valence-corrected chi connectivity index (χ4v) is 6.03. The molecule has 53 heavy (non-hydrogen) atoms. The summed E-state index contributed by atoms with van der Waals surface area (Å²) >= 11 is 1.28. The number of sulfonamides is 2. The maximum absolute atomic E-state index is 12.2. The number of phenolic OH excluding ortho intramolecular Hbond substituents is 2. The van der Waals surface area contributed by atoms with Crippen molar-refractivity contribution in [1.29, 1.82) is 0 Å². The third-order valence-electron chi connectivity index (χ3n) is 6.49. The molecule has 1 aromatic heterocycles. The number of fused-ring (bicyclic) bond motifs is 1. The number of ketones is 1. The summed E-state index contributed by atoms with van der Waals surface area (Å²) in [7, 11) is -7.97. The van der Waals surface area contributed by atoms with E-state index in [2.05, 4.69) is 30.8 Å². The summed E-state index contributed by atoms with van der Waals surface area (Å²) in [6.07, 6.45) is 0. The van der Waals surface area contributed by atoms with Crippen LogP contribution in [0.15, 0.2) is 133 Å². The van der Waals surface area contributed by atoms with Crippen molar-refractivity contribution in [3.63, 3.8) is 0 Å². The number of aliphatic hydroxyl groups excluding tert-OH is 1. The van der Waals surface area contributed by atoms with Crippen molar-refractivity contribution in [1.82, 2.24) is 4.98 Å². The largest absolute Gasteiger partial charge is 1.00 e. The molecule has 4 aromatic carbocycles. The molecule has 0 spiro atoms. The Kier molecular flexibility index (Phi) is 14.0. The van der Waals surface area contributed by atoms with E-state index in [0.717, 1.165) is 46.6 Å². The van der Waals surface area contributed by atoms with Gasteiger partial charge in [-0.25, -0.2) is 27.1 Å².